The van der Waals surface area contributed by atoms with E-state index in [9.17, 15) is 13.6 Å². The van der Waals surface area contributed by atoms with Crippen molar-refractivity contribution in [2.75, 3.05) is 26.6 Å². The number of nitrogens with zero attached hydrogens (tertiary/aromatic N) is 2. The van der Waals surface area contributed by atoms with Crippen molar-refractivity contribution in [2.24, 2.45) is 0 Å². The molecule has 1 saturated heterocycles. The highest BCUT2D eigenvalue weighted by atomic mass is 32.2. The van der Waals surface area contributed by atoms with Crippen molar-refractivity contribution < 1.29 is 27.8 Å². The molecule has 3 aromatic rings. The number of amides is 1. The maximum absolute atomic E-state index is 13.1. The van der Waals surface area contributed by atoms with Crippen LogP contribution in [0, 0.1) is 0 Å². The van der Waals surface area contributed by atoms with Crippen molar-refractivity contribution in [1.29, 1.82) is 0 Å². The van der Waals surface area contributed by atoms with Gasteiger partial charge in [-0.1, -0.05) is 18.2 Å². The van der Waals surface area contributed by atoms with Gasteiger partial charge in [0.05, 0.1) is 11.0 Å². The molecule has 2 aliphatic heterocycles. The van der Waals surface area contributed by atoms with E-state index < -0.39 is 5.76 Å². The molecule has 7 nitrogen and oxygen atoms in total. The summed E-state index contributed by atoms with van der Waals surface area (Å²) in [7, 11) is 0. The maximum Gasteiger partial charge on any atom is 0.291 e. The Kier molecular flexibility index (Phi) is 6.11. The number of hydrogen-bond donors (Lipinski definition) is 1. The van der Waals surface area contributed by atoms with Crippen LogP contribution < -0.4 is 14.8 Å². The molecule has 1 N–H and O–H groups in total. The summed E-state index contributed by atoms with van der Waals surface area (Å²) < 4.78 is 44.2. The van der Waals surface area contributed by atoms with Gasteiger partial charge in [0, 0.05) is 25.2 Å². The Labute approximate surface area is 193 Å². The third-order valence-electron chi connectivity index (χ3n) is 6.17. The lowest BCUT2D eigenvalue weighted by atomic mass is 9.74. The van der Waals surface area contributed by atoms with E-state index in [4.69, 9.17) is 14.2 Å². The zero-order valence-electron chi connectivity index (χ0n) is 17.8. The van der Waals surface area contributed by atoms with E-state index in [2.05, 4.69) is 10.3 Å². The minimum absolute atomic E-state index is 0.0940. The van der Waals surface area contributed by atoms with Crippen LogP contribution in [0.1, 0.15) is 18.4 Å². The normalized spacial score (nSPS) is 16.9. The Morgan fingerprint density at radius 3 is 2.76 bits per heavy atom. The molecular weight excluding hydrogens is 452 g/mol. The number of nitrogens with one attached hydrogen (secondary N) is 1. The molecule has 0 atom stereocenters. The molecular formula is C23H23F2N3O4S. The van der Waals surface area contributed by atoms with Gasteiger partial charge in [-0.3, -0.25) is 4.79 Å². The Hall–Kier alpha value is -2.85. The molecule has 1 fully saturated rings. The van der Waals surface area contributed by atoms with E-state index in [1.54, 1.807) is 28.8 Å². The summed E-state index contributed by atoms with van der Waals surface area (Å²) >= 11 is 0.343. The fraction of sp³-hybridized carbons (Fsp3) is 0.391. The van der Waals surface area contributed by atoms with Crippen molar-refractivity contribution in [3.8, 4) is 11.5 Å². The highest BCUT2D eigenvalue weighted by Gasteiger charge is 2.36. The van der Waals surface area contributed by atoms with Gasteiger partial charge in [0.2, 0.25) is 12.7 Å². The van der Waals surface area contributed by atoms with Crippen molar-refractivity contribution in [1.82, 2.24) is 14.9 Å². The van der Waals surface area contributed by atoms with Gasteiger partial charge in [0.25, 0.3) is 5.76 Å². The second-order valence-electron chi connectivity index (χ2n) is 8.09. The van der Waals surface area contributed by atoms with Gasteiger partial charge in [-0.05, 0) is 54.4 Å². The third kappa shape index (κ3) is 4.49. The Bertz CT molecular complexity index is 1160. The Morgan fingerprint density at radius 1 is 1.15 bits per heavy atom. The number of aromatic nitrogens is 2. The smallest absolute Gasteiger partial charge is 0.291 e. The monoisotopic (exact) mass is 475 g/mol. The lowest BCUT2D eigenvalue weighted by Gasteiger charge is -2.38. The van der Waals surface area contributed by atoms with Gasteiger partial charge in [0.15, 0.2) is 16.7 Å². The lowest BCUT2D eigenvalue weighted by Crippen LogP contribution is -2.45. The largest absolute Gasteiger partial charge is 0.454 e. The van der Waals surface area contributed by atoms with Gasteiger partial charge >= 0.3 is 0 Å². The molecule has 174 valence electrons. The first-order chi connectivity index (χ1) is 16.0. The number of halogens is 2. The predicted octanol–water partition coefficient (Wildman–Crippen LogP) is 3.94. The highest BCUT2D eigenvalue weighted by Crippen LogP contribution is 2.40. The summed E-state index contributed by atoms with van der Waals surface area (Å²) in [5, 5.41) is 3.15. The molecule has 2 aromatic carbocycles. The average molecular weight is 476 g/mol. The molecule has 0 radical (unpaired) electrons. The SMILES string of the molecule is O=C(Cn1c(SC(F)F)nc2ccccc21)NCC1(c2ccc3c(c2)OCO3)CCOCC1. The van der Waals surface area contributed by atoms with Crippen molar-refractivity contribution >= 4 is 28.7 Å². The summed E-state index contributed by atoms with van der Waals surface area (Å²) in [6, 6.07) is 13.0. The summed E-state index contributed by atoms with van der Waals surface area (Å²) in [4.78, 5) is 17.2. The second kappa shape index (κ2) is 9.18. The molecule has 0 unspecified atom stereocenters. The Balaban J connectivity index is 1.35. The van der Waals surface area contributed by atoms with Crippen molar-refractivity contribution in [3.05, 3.63) is 48.0 Å². The van der Waals surface area contributed by atoms with Crippen LogP contribution in [0.5, 0.6) is 11.5 Å². The van der Waals surface area contributed by atoms with Crippen LogP contribution in [0.2, 0.25) is 0 Å². The van der Waals surface area contributed by atoms with Crippen LogP contribution in [0.25, 0.3) is 11.0 Å². The number of carbonyl (C=O) groups is 1. The number of ether oxygens (including phenoxy) is 3. The Morgan fingerprint density at radius 2 is 1.94 bits per heavy atom. The maximum atomic E-state index is 13.1. The first-order valence-corrected chi connectivity index (χ1v) is 11.6. The molecule has 1 amide bonds. The number of carbonyl (C=O) groups excluding carboxylic acids is 1. The summed E-state index contributed by atoms with van der Waals surface area (Å²) in [5.74, 6) is -1.48. The zero-order chi connectivity index (χ0) is 22.8. The molecule has 2 aliphatic rings. The first-order valence-electron chi connectivity index (χ1n) is 10.7. The van der Waals surface area contributed by atoms with Crippen molar-refractivity contribution in [2.45, 2.75) is 35.7 Å². The topological polar surface area (TPSA) is 74.6 Å². The fourth-order valence-electron chi connectivity index (χ4n) is 4.40. The fourth-order valence-corrected chi connectivity index (χ4v) is 5.00. The molecule has 0 saturated carbocycles. The van der Waals surface area contributed by atoms with E-state index in [-0.39, 0.29) is 29.8 Å². The number of thioether (sulfide) groups is 1. The van der Waals surface area contributed by atoms with E-state index in [0.717, 1.165) is 18.4 Å². The number of alkyl halides is 2. The first kappa shape index (κ1) is 22.0. The van der Waals surface area contributed by atoms with Gasteiger partial charge in [0.1, 0.15) is 6.54 Å². The van der Waals surface area contributed by atoms with Gasteiger partial charge in [-0.25, -0.2) is 4.98 Å². The quantitative estimate of drug-likeness (QED) is 0.522. The highest BCUT2D eigenvalue weighted by molar-refractivity contribution is 7.99. The number of rotatable bonds is 7. The van der Waals surface area contributed by atoms with E-state index in [1.807, 2.05) is 18.2 Å². The summed E-state index contributed by atoms with van der Waals surface area (Å²) in [6.07, 6.45) is 1.49. The second-order valence-corrected chi connectivity index (χ2v) is 9.04. The predicted molar refractivity (Wildman–Crippen MR) is 119 cm³/mol. The molecule has 0 spiro atoms. The number of para-hydroxylation sites is 2. The molecule has 1 aromatic heterocycles. The zero-order valence-corrected chi connectivity index (χ0v) is 18.6. The standard InChI is InChI=1S/C23H23F2N3O4S/c24-21(25)33-22-27-16-3-1-2-4-17(16)28(22)12-20(29)26-13-23(7-9-30-10-8-23)15-5-6-18-19(11-15)32-14-31-18/h1-6,11,21H,7-10,12-14H2,(H,26,29). The molecule has 33 heavy (non-hydrogen) atoms. The van der Waals surface area contributed by atoms with Crippen LogP contribution >= 0.6 is 11.8 Å². The van der Waals surface area contributed by atoms with Gasteiger partial charge < -0.3 is 24.1 Å². The third-order valence-corrected chi connectivity index (χ3v) is 6.88. The van der Waals surface area contributed by atoms with Crippen LogP contribution in [-0.4, -0.2) is 47.8 Å². The average Bonchev–Trinajstić information content (AvgIpc) is 3.42. The van der Waals surface area contributed by atoms with Crippen molar-refractivity contribution in [3.63, 3.8) is 0 Å². The van der Waals surface area contributed by atoms with Gasteiger partial charge in [-0.2, -0.15) is 8.78 Å². The molecule has 5 rings (SSSR count). The molecule has 0 bridgehead atoms. The number of fused-ring (bicyclic) bond motifs is 2. The molecule has 10 heteroatoms. The minimum Gasteiger partial charge on any atom is -0.454 e. The summed E-state index contributed by atoms with van der Waals surface area (Å²) in [6.45, 7) is 1.68. The van der Waals surface area contributed by atoms with Crippen LogP contribution in [0.4, 0.5) is 8.78 Å². The minimum atomic E-state index is -2.62. The van der Waals surface area contributed by atoms with Crippen LogP contribution in [-0.2, 0) is 21.5 Å². The summed E-state index contributed by atoms with van der Waals surface area (Å²) in [5.41, 5.74) is 1.96. The lowest BCUT2D eigenvalue weighted by molar-refractivity contribution is -0.122. The molecule has 3 heterocycles. The van der Waals surface area contributed by atoms with Crippen LogP contribution in [0.3, 0.4) is 0 Å². The van der Waals surface area contributed by atoms with E-state index in [1.165, 1.54) is 0 Å². The number of hydrogen-bond acceptors (Lipinski definition) is 6. The number of imidazole rings is 1. The van der Waals surface area contributed by atoms with Gasteiger partial charge in [-0.15, -0.1) is 0 Å². The number of benzene rings is 2. The molecule has 0 aliphatic carbocycles. The van der Waals surface area contributed by atoms with Crippen LogP contribution in [0.15, 0.2) is 47.6 Å². The van der Waals surface area contributed by atoms with E-state index in [0.29, 0.717) is 54.1 Å². The van der Waals surface area contributed by atoms with E-state index >= 15 is 0 Å².